The lowest BCUT2D eigenvalue weighted by molar-refractivity contribution is 0.143. The van der Waals surface area contributed by atoms with Crippen LogP contribution in [0.2, 0.25) is 0 Å². The van der Waals surface area contributed by atoms with Crippen molar-refractivity contribution in [3.8, 4) is 11.8 Å². The first-order valence-electron chi connectivity index (χ1n) is 8.17. The average molecular weight is 325 g/mol. The van der Waals surface area contributed by atoms with Crippen LogP contribution in [0, 0.1) is 11.8 Å². The van der Waals surface area contributed by atoms with E-state index < -0.39 is 5.60 Å². The molecule has 1 aliphatic heterocycles. The van der Waals surface area contributed by atoms with Crippen molar-refractivity contribution in [1.82, 2.24) is 15.1 Å². The number of rotatable bonds is 3. The summed E-state index contributed by atoms with van der Waals surface area (Å²) in [5.41, 5.74) is 4.19. The van der Waals surface area contributed by atoms with Crippen LogP contribution in [0.1, 0.15) is 41.9 Å². The molecular formula is C19H23N3O2. The molecule has 5 heteroatoms. The highest BCUT2D eigenvalue weighted by Crippen LogP contribution is 2.22. The third-order valence-electron chi connectivity index (χ3n) is 4.12. The fourth-order valence-electron chi connectivity index (χ4n) is 2.85. The number of nitrogens with zero attached hydrogens (tertiary/aromatic N) is 2. The summed E-state index contributed by atoms with van der Waals surface area (Å²) >= 11 is 0. The molecule has 0 aliphatic carbocycles. The third kappa shape index (κ3) is 4.04. The van der Waals surface area contributed by atoms with Gasteiger partial charge in [0.1, 0.15) is 5.60 Å². The van der Waals surface area contributed by atoms with E-state index in [2.05, 4.69) is 39.1 Å². The summed E-state index contributed by atoms with van der Waals surface area (Å²) in [6.07, 6.45) is 0.928. The van der Waals surface area contributed by atoms with Crippen molar-refractivity contribution in [1.29, 1.82) is 0 Å². The zero-order chi connectivity index (χ0) is 17.2. The highest BCUT2D eigenvalue weighted by molar-refractivity contribution is 5.37. The minimum Gasteiger partial charge on any atom is -0.390 e. The van der Waals surface area contributed by atoms with Gasteiger partial charge in [-0.2, -0.15) is 5.10 Å². The molecule has 0 spiro atoms. The highest BCUT2D eigenvalue weighted by Gasteiger charge is 2.21. The van der Waals surface area contributed by atoms with E-state index in [1.165, 1.54) is 5.56 Å². The number of aliphatic hydroxyl groups excluding tert-OH is 1. The van der Waals surface area contributed by atoms with E-state index in [1.54, 1.807) is 13.8 Å². The molecule has 24 heavy (non-hydrogen) atoms. The van der Waals surface area contributed by atoms with Crippen LogP contribution in [0.4, 0.5) is 0 Å². The van der Waals surface area contributed by atoms with Crippen LogP contribution < -0.4 is 0 Å². The SMILES string of the molecule is CC(C)(O)C#Cc1ccc(CN2CCc3[nH]nc(CO)c3C2)cc1. The molecule has 5 nitrogen and oxygen atoms in total. The second kappa shape index (κ2) is 6.78. The molecule has 0 atom stereocenters. The van der Waals surface area contributed by atoms with Crippen LogP contribution in [-0.4, -0.2) is 37.5 Å². The number of aromatic amines is 1. The van der Waals surface area contributed by atoms with Crippen LogP contribution in [0.5, 0.6) is 0 Å². The molecule has 3 rings (SSSR count). The number of fused-ring (bicyclic) bond motifs is 1. The number of hydrogen-bond acceptors (Lipinski definition) is 4. The highest BCUT2D eigenvalue weighted by atomic mass is 16.3. The summed E-state index contributed by atoms with van der Waals surface area (Å²) in [6, 6.07) is 8.12. The van der Waals surface area contributed by atoms with Gasteiger partial charge < -0.3 is 10.2 Å². The Balaban J connectivity index is 1.65. The maximum absolute atomic E-state index is 9.65. The summed E-state index contributed by atoms with van der Waals surface area (Å²) < 4.78 is 0. The Kier molecular flexibility index (Phi) is 4.72. The lowest BCUT2D eigenvalue weighted by Gasteiger charge is -2.27. The zero-order valence-corrected chi connectivity index (χ0v) is 14.1. The molecule has 0 amide bonds. The van der Waals surface area contributed by atoms with Gasteiger partial charge in [0.2, 0.25) is 0 Å². The monoisotopic (exact) mass is 325 g/mol. The van der Waals surface area contributed by atoms with E-state index in [4.69, 9.17) is 0 Å². The quantitative estimate of drug-likeness (QED) is 0.749. The first kappa shape index (κ1) is 16.7. The van der Waals surface area contributed by atoms with Gasteiger partial charge in [0.15, 0.2) is 0 Å². The molecule has 3 N–H and O–H groups in total. The minimum absolute atomic E-state index is 0.0196. The molecule has 1 aromatic carbocycles. The zero-order valence-electron chi connectivity index (χ0n) is 14.1. The molecule has 0 radical (unpaired) electrons. The second-order valence-electron chi connectivity index (χ2n) is 6.75. The maximum Gasteiger partial charge on any atom is 0.120 e. The molecule has 1 aliphatic rings. The average Bonchev–Trinajstić information content (AvgIpc) is 2.96. The second-order valence-corrected chi connectivity index (χ2v) is 6.75. The van der Waals surface area contributed by atoms with E-state index >= 15 is 0 Å². The summed E-state index contributed by atoms with van der Waals surface area (Å²) in [5, 5.41) is 26.2. The molecule has 0 saturated heterocycles. The number of benzene rings is 1. The Labute approximate surface area is 142 Å². The van der Waals surface area contributed by atoms with Crippen LogP contribution >= 0.6 is 0 Å². The fraction of sp³-hybridized carbons (Fsp3) is 0.421. The largest absolute Gasteiger partial charge is 0.390 e. The van der Waals surface area contributed by atoms with Gasteiger partial charge >= 0.3 is 0 Å². The van der Waals surface area contributed by atoms with Crippen molar-refractivity contribution in [2.24, 2.45) is 0 Å². The van der Waals surface area contributed by atoms with Crippen molar-refractivity contribution < 1.29 is 10.2 Å². The van der Waals surface area contributed by atoms with Gasteiger partial charge in [-0.05, 0) is 31.5 Å². The molecule has 0 saturated carbocycles. The van der Waals surface area contributed by atoms with E-state index in [-0.39, 0.29) is 6.61 Å². The Bertz CT molecular complexity index is 747. The number of aliphatic hydroxyl groups is 2. The topological polar surface area (TPSA) is 72.4 Å². The van der Waals surface area contributed by atoms with Gasteiger partial charge in [0.25, 0.3) is 0 Å². The first-order valence-corrected chi connectivity index (χ1v) is 8.17. The Hall–Kier alpha value is -2.13. The number of aromatic nitrogens is 2. The lowest BCUT2D eigenvalue weighted by atomic mass is 10.0. The number of hydrogen-bond donors (Lipinski definition) is 3. The molecule has 0 unspecified atom stereocenters. The van der Waals surface area contributed by atoms with Crippen molar-refractivity contribution >= 4 is 0 Å². The smallest absolute Gasteiger partial charge is 0.120 e. The molecule has 1 aromatic heterocycles. The van der Waals surface area contributed by atoms with Gasteiger partial charge in [-0.3, -0.25) is 10.00 Å². The molecule has 2 aromatic rings. The third-order valence-corrected chi connectivity index (χ3v) is 4.12. The van der Waals surface area contributed by atoms with Crippen LogP contribution in [-0.2, 0) is 26.1 Å². The van der Waals surface area contributed by atoms with Gasteiger partial charge in [0, 0.05) is 42.9 Å². The Morgan fingerprint density at radius 1 is 1.29 bits per heavy atom. The van der Waals surface area contributed by atoms with E-state index in [0.29, 0.717) is 0 Å². The van der Waals surface area contributed by atoms with Crippen LogP contribution in [0.25, 0.3) is 0 Å². The van der Waals surface area contributed by atoms with Gasteiger partial charge in [-0.1, -0.05) is 24.0 Å². The van der Waals surface area contributed by atoms with Gasteiger partial charge in [-0.15, -0.1) is 0 Å². The Morgan fingerprint density at radius 2 is 2.04 bits per heavy atom. The van der Waals surface area contributed by atoms with Gasteiger partial charge in [0.05, 0.1) is 12.3 Å². The maximum atomic E-state index is 9.65. The summed E-state index contributed by atoms with van der Waals surface area (Å²) in [5.74, 6) is 5.81. The van der Waals surface area contributed by atoms with Crippen molar-refractivity contribution in [2.45, 2.75) is 45.6 Å². The minimum atomic E-state index is -0.973. The summed E-state index contributed by atoms with van der Waals surface area (Å²) in [7, 11) is 0. The number of nitrogens with one attached hydrogen (secondary N) is 1. The van der Waals surface area contributed by atoms with E-state index in [9.17, 15) is 10.2 Å². The molecule has 126 valence electrons. The van der Waals surface area contributed by atoms with Gasteiger partial charge in [-0.25, -0.2) is 0 Å². The fourth-order valence-corrected chi connectivity index (χ4v) is 2.85. The predicted octanol–water partition coefficient (Wildman–Crippen LogP) is 1.58. The predicted molar refractivity (Wildman–Crippen MR) is 91.9 cm³/mol. The molecule has 0 bridgehead atoms. The van der Waals surface area contributed by atoms with E-state index in [0.717, 1.165) is 48.6 Å². The Morgan fingerprint density at radius 3 is 2.71 bits per heavy atom. The van der Waals surface area contributed by atoms with Crippen LogP contribution in [0.3, 0.4) is 0 Å². The summed E-state index contributed by atoms with van der Waals surface area (Å²) in [6.45, 7) is 5.97. The first-order chi connectivity index (χ1) is 11.4. The standard InChI is InChI=1S/C19H23N3O2/c1-19(2,24)9-7-14-3-5-15(6-4-14)11-22-10-8-17-16(12-22)18(13-23)21-20-17/h3-6,23-24H,8,10-13H2,1-2H3,(H,20,21). The lowest BCUT2D eigenvalue weighted by Crippen LogP contribution is -2.30. The van der Waals surface area contributed by atoms with Crippen molar-refractivity contribution in [3.05, 3.63) is 52.3 Å². The molecule has 2 heterocycles. The van der Waals surface area contributed by atoms with E-state index in [1.807, 2.05) is 12.1 Å². The van der Waals surface area contributed by atoms with Crippen LogP contribution in [0.15, 0.2) is 24.3 Å². The molecular weight excluding hydrogens is 302 g/mol. The van der Waals surface area contributed by atoms with Crippen molar-refractivity contribution in [2.75, 3.05) is 6.54 Å². The molecule has 0 fully saturated rings. The van der Waals surface area contributed by atoms with Crippen molar-refractivity contribution in [3.63, 3.8) is 0 Å². The normalized spacial score (nSPS) is 14.8. The number of H-pyrrole nitrogens is 1. The summed E-state index contributed by atoms with van der Waals surface area (Å²) in [4.78, 5) is 2.36.